The van der Waals surface area contributed by atoms with E-state index in [0.717, 1.165) is 173 Å². The fourth-order valence-electron chi connectivity index (χ4n) is 22.3. The maximum absolute atomic E-state index is 7.45. The van der Waals surface area contributed by atoms with Crippen molar-refractivity contribution < 1.29 is 8.83 Å². The molecule has 8 nitrogen and oxygen atoms in total. The summed E-state index contributed by atoms with van der Waals surface area (Å²) in [6.45, 7) is 35.3. The Morgan fingerprint density at radius 1 is 0.206 bits per heavy atom. The number of fused-ring (bicyclic) bond motifs is 22. The Labute approximate surface area is 763 Å². The highest BCUT2D eigenvalue weighted by Gasteiger charge is 2.46. The third-order valence-corrected chi connectivity index (χ3v) is 28.9. The maximum atomic E-state index is 7.45. The van der Waals surface area contributed by atoms with E-state index in [1.165, 1.54) is 82.0 Å². The van der Waals surface area contributed by atoms with Crippen molar-refractivity contribution in [3.8, 4) is 45.0 Å². The van der Waals surface area contributed by atoms with Crippen molar-refractivity contribution in [2.45, 2.75) is 137 Å². The fraction of sp³-hybridized carbons (Fsp3) is 0.171. The molecule has 0 saturated heterocycles. The molecule has 6 aromatic heterocycles. The molecule has 0 spiro atoms. The van der Waals surface area contributed by atoms with Gasteiger partial charge in [0.05, 0.1) is 95.3 Å². The first-order chi connectivity index (χ1) is 63.2. The lowest BCUT2D eigenvalue weighted by molar-refractivity contribution is 0.589. The van der Waals surface area contributed by atoms with Gasteiger partial charge < -0.3 is 36.9 Å². The van der Waals surface area contributed by atoms with Crippen molar-refractivity contribution in [3.05, 3.63) is 384 Å². The van der Waals surface area contributed by atoms with Crippen LogP contribution in [0.4, 0.5) is 34.1 Å². The predicted molar refractivity (Wildman–Crippen MR) is 553 cm³/mol. The first kappa shape index (κ1) is 78.4. The van der Waals surface area contributed by atoms with Gasteiger partial charge in [-0.3, -0.25) is 0 Å². The Morgan fingerprint density at radius 2 is 0.519 bits per heavy atom. The number of aromatic nitrogens is 4. The molecule has 23 aromatic rings. The first-order valence-electron chi connectivity index (χ1n) is 46.5. The zero-order valence-corrected chi connectivity index (χ0v) is 76.9. The van der Waals surface area contributed by atoms with E-state index < -0.39 is 5.92 Å². The van der Waals surface area contributed by atoms with E-state index in [1.54, 1.807) is 0 Å². The topological polar surface area (TPSA) is 52.5 Å². The van der Waals surface area contributed by atoms with Crippen LogP contribution in [0.25, 0.3) is 176 Å². The molecular weight excluding hydrogens is 1590 g/mol. The highest BCUT2D eigenvalue weighted by Crippen LogP contribution is 2.66. The summed E-state index contributed by atoms with van der Waals surface area (Å²) < 4.78 is 25.1. The molecule has 8 heterocycles. The summed E-state index contributed by atoms with van der Waals surface area (Å²) in [5.74, 6) is -0.392. The summed E-state index contributed by atoms with van der Waals surface area (Å²) in [7, 11) is 0. The molecule has 1 unspecified atom stereocenters. The molecule has 0 fully saturated rings. The smallest absolute Gasteiger partial charge is 0.143 e. The third kappa shape index (κ3) is 11.7. The molecule has 0 bridgehead atoms. The second-order valence-corrected chi connectivity index (χ2v) is 42.0. The van der Waals surface area contributed by atoms with E-state index in [-0.39, 0.29) is 27.1 Å². The molecule has 0 N–H and O–H groups in total. The minimum Gasteiger partial charge on any atom is -0.455 e. The Bertz CT molecular complexity index is 8600. The molecule has 0 aliphatic carbocycles. The van der Waals surface area contributed by atoms with Gasteiger partial charge in [-0.2, -0.15) is 0 Å². The van der Waals surface area contributed by atoms with Gasteiger partial charge in [0, 0.05) is 104 Å². The second-order valence-electron chi connectivity index (χ2n) is 42.0. The normalized spacial score (nSPS) is 14.0. The van der Waals surface area contributed by atoms with E-state index in [0.29, 0.717) is 0 Å². The highest BCUT2D eigenvalue weighted by molar-refractivity contribution is 6.19. The van der Waals surface area contributed by atoms with Crippen LogP contribution >= 0.6 is 0 Å². The van der Waals surface area contributed by atoms with Crippen LogP contribution in [0.15, 0.2) is 349 Å². The van der Waals surface area contributed by atoms with Crippen LogP contribution in [0.1, 0.15) is 154 Å². The van der Waals surface area contributed by atoms with Gasteiger partial charge in [-0.25, -0.2) is 0 Å². The van der Waals surface area contributed by atoms with Gasteiger partial charge in [-0.15, -0.1) is 0 Å². The molecule has 131 heavy (non-hydrogen) atoms. The van der Waals surface area contributed by atoms with E-state index >= 15 is 0 Å². The summed E-state index contributed by atoms with van der Waals surface area (Å²) in [5, 5.41) is 13.8. The molecule has 2 aliphatic rings. The quantitative estimate of drug-likeness (QED) is 0.152. The molecule has 8 heteroatoms. The second kappa shape index (κ2) is 27.8. The average Bonchev–Trinajstić information content (AvgIpc) is 1.54. The van der Waals surface area contributed by atoms with Crippen LogP contribution in [0, 0.1) is 0 Å². The summed E-state index contributed by atoms with van der Waals surface area (Å²) in [5.41, 5.74) is 35.6. The molecule has 0 saturated carbocycles. The van der Waals surface area contributed by atoms with Crippen LogP contribution in [0.2, 0.25) is 0 Å². The van der Waals surface area contributed by atoms with Gasteiger partial charge >= 0.3 is 0 Å². The van der Waals surface area contributed by atoms with E-state index in [9.17, 15) is 0 Å². The first-order valence-corrected chi connectivity index (χ1v) is 46.5. The van der Waals surface area contributed by atoms with Crippen LogP contribution in [0.5, 0.6) is 0 Å². The molecule has 25 rings (SSSR count). The number of anilines is 6. The van der Waals surface area contributed by atoms with Crippen LogP contribution < -0.4 is 9.80 Å². The summed E-state index contributed by atoms with van der Waals surface area (Å²) >= 11 is 0. The van der Waals surface area contributed by atoms with E-state index in [4.69, 9.17) is 8.83 Å². The zero-order valence-electron chi connectivity index (χ0n) is 76.9. The van der Waals surface area contributed by atoms with Crippen molar-refractivity contribution in [3.63, 3.8) is 0 Å². The van der Waals surface area contributed by atoms with Gasteiger partial charge in [0.15, 0.2) is 0 Å². The van der Waals surface area contributed by atoms with Crippen LogP contribution in [-0.4, -0.2) is 18.3 Å². The van der Waals surface area contributed by atoms with Crippen molar-refractivity contribution >= 4 is 165 Å². The van der Waals surface area contributed by atoms with Gasteiger partial charge in [0.2, 0.25) is 0 Å². The van der Waals surface area contributed by atoms with Gasteiger partial charge in [0.1, 0.15) is 22.3 Å². The number of nitrogens with zero attached hydrogens (tertiary/aromatic N) is 6. The van der Waals surface area contributed by atoms with E-state index in [2.05, 4.69) is 472 Å². The molecule has 0 radical (unpaired) electrons. The number of hydrogen-bond donors (Lipinski definition) is 0. The van der Waals surface area contributed by atoms with Crippen molar-refractivity contribution in [2.75, 3.05) is 9.80 Å². The Morgan fingerprint density at radius 3 is 0.916 bits per heavy atom. The zero-order chi connectivity index (χ0) is 89.1. The van der Waals surface area contributed by atoms with Crippen molar-refractivity contribution in [2.24, 2.45) is 0 Å². The number of rotatable bonds is 8. The Balaban J connectivity index is 0.906. The minimum atomic E-state index is -0.392. The molecule has 17 aromatic carbocycles. The lowest BCUT2D eigenvalue weighted by Crippen LogP contribution is -2.31. The molecule has 0 amide bonds. The van der Waals surface area contributed by atoms with Gasteiger partial charge in [-0.1, -0.05) is 316 Å². The third-order valence-electron chi connectivity index (χ3n) is 28.9. The lowest BCUT2D eigenvalue weighted by atomic mass is 9.73. The Hall–Kier alpha value is -14.9. The number of hydrogen-bond acceptors (Lipinski definition) is 4. The number of furan rings is 2. The molecule has 1 atom stereocenters. The monoisotopic (exact) mass is 1690 g/mol. The Kier molecular flexibility index (Phi) is 16.7. The molecular formula is C123H102N6O2. The summed E-state index contributed by atoms with van der Waals surface area (Å²) in [6.07, 6.45) is 0. The number of benzene rings is 17. The fourth-order valence-corrected chi connectivity index (χ4v) is 22.3. The van der Waals surface area contributed by atoms with Crippen molar-refractivity contribution in [1.82, 2.24) is 18.3 Å². The van der Waals surface area contributed by atoms with Gasteiger partial charge in [0.25, 0.3) is 0 Å². The van der Waals surface area contributed by atoms with Crippen LogP contribution in [0.3, 0.4) is 0 Å². The van der Waals surface area contributed by atoms with Gasteiger partial charge in [-0.05, 0) is 193 Å². The molecule has 636 valence electrons. The standard InChI is InChI=1S/C123H102N6O2/c1-119(2,3)72-52-59-101-92(64-72)93-65-73(120(4,5)6)53-60-102(93)124(101)77-57-58-91-108(69-77)129(116-86(90-43-29-41-88-84-37-21-27-51-112(84)131-118(88)90)39-31-49-107(116)127-99-46-24-18-34-81(99)82-35-19-25-47-100(82)127)110-71-78(125-103-61-54-74(121(7,8)9)66-94(103)95-67-75(122(10,11)12)55-62-104(95)125)70-109-114(110)113(91)96-68-76(123(13,14)15)56-63-105(96)128(109)115-85(89-42-28-40-87-83-36-20-26-50-111(83)130-117(87)89)38-30-48-106(115)126-97-44-22-16-32-79(97)80-33-17-23-45-98(80)126/h16-71,113H,1-15H3. The highest BCUT2D eigenvalue weighted by atomic mass is 16.3. The SMILES string of the molecule is CC(C)(C)c1ccc2c(c1)C1c3ccc(-n4c5ccc(C(C)(C)C)cc5c5cc(C(C)(C)C)ccc54)cc3N(c3c(-c4cccc5c4oc4ccccc45)cccc3-n3c4ccccc4c4ccccc43)c3cc(-n4c5ccc(C(C)(C)C)cc5c5cc(C(C)(C)C)ccc54)cc(c31)N2c1c(-c2cccc3c2oc2ccccc23)cccc1-n1c2ccccc2c2ccccc21. The average molecular weight is 1700 g/mol. The van der Waals surface area contributed by atoms with E-state index in [1.807, 2.05) is 0 Å². The van der Waals surface area contributed by atoms with Crippen LogP contribution in [-0.2, 0) is 27.1 Å². The number of para-hydroxylation sites is 10. The largest absolute Gasteiger partial charge is 0.455 e. The lowest BCUT2D eigenvalue weighted by Gasteiger charge is -2.47. The van der Waals surface area contributed by atoms with Crippen molar-refractivity contribution in [1.29, 1.82) is 0 Å². The minimum absolute atomic E-state index is 0.115. The maximum Gasteiger partial charge on any atom is 0.143 e. The summed E-state index contributed by atoms with van der Waals surface area (Å²) in [4.78, 5) is 5.48. The molecule has 2 aliphatic heterocycles. The summed E-state index contributed by atoms with van der Waals surface area (Å²) in [6, 6.07) is 130. The predicted octanol–water partition coefficient (Wildman–Crippen LogP) is 34.4.